The van der Waals surface area contributed by atoms with Crippen molar-refractivity contribution in [2.75, 3.05) is 6.54 Å². The molecule has 0 bridgehead atoms. The van der Waals surface area contributed by atoms with Crippen LogP contribution in [0.1, 0.15) is 71.3 Å². The molecular formula is C22H30N2O. The Bertz CT molecular complexity index is 700. The number of aliphatic imine (C=N–C) groups is 2. The van der Waals surface area contributed by atoms with Gasteiger partial charge in [-0.3, -0.25) is 14.8 Å². The second-order valence-electron chi connectivity index (χ2n) is 8.22. The predicted molar refractivity (Wildman–Crippen MR) is 105 cm³/mol. The molecule has 1 aromatic rings. The zero-order valence-electron chi connectivity index (χ0n) is 15.8. The van der Waals surface area contributed by atoms with Crippen LogP contribution in [0.2, 0.25) is 0 Å². The number of carbonyl (C=O) groups is 1. The minimum atomic E-state index is -0.210. The molecule has 1 heterocycles. The number of hydrogen-bond acceptors (Lipinski definition) is 3. The van der Waals surface area contributed by atoms with E-state index in [-0.39, 0.29) is 17.1 Å². The van der Waals surface area contributed by atoms with Crippen molar-refractivity contribution >= 4 is 22.9 Å². The molecule has 0 N–H and O–H groups in total. The molecule has 0 saturated heterocycles. The number of benzene rings is 1. The van der Waals surface area contributed by atoms with Crippen molar-refractivity contribution in [3.8, 4) is 0 Å². The highest BCUT2D eigenvalue weighted by Crippen LogP contribution is 2.40. The van der Waals surface area contributed by atoms with E-state index in [1.807, 2.05) is 18.2 Å². The number of rotatable bonds is 6. The maximum atomic E-state index is 12.9. The summed E-state index contributed by atoms with van der Waals surface area (Å²) in [6.45, 7) is 7.37. The fourth-order valence-corrected chi connectivity index (χ4v) is 4.02. The maximum Gasteiger partial charge on any atom is 0.148 e. The van der Waals surface area contributed by atoms with Crippen LogP contribution in [0, 0.1) is 11.3 Å². The van der Waals surface area contributed by atoms with Crippen LogP contribution in [0.15, 0.2) is 34.3 Å². The number of Topliss-reactive ketones (excluding diaryl/α,β-unsaturated/α-hetero) is 1. The number of para-hydroxylation sites is 1. The number of ketones is 1. The van der Waals surface area contributed by atoms with Crippen LogP contribution in [0.25, 0.3) is 0 Å². The molecule has 1 aliphatic heterocycles. The molecule has 1 fully saturated rings. The highest BCUT2D eigenvalue weighted by molar-refractivity contribution is 6.31. The summed E-state index contributed by atoms with van der Waals surface area (Å²) < 4.78 is 0. The molecule has 3 heteroatoms. The summed E-state index contributed by atoms with van der Waals surface area (Å²) in [5, 5.41) is 0. The number of unbranched alkanes of at least 4 members (excludes halogenated alkanes) is 4. The summed E-state index contributed by atoms with van der Waals surface area (Å²) in [5.74, 6) is 0.0767. The van der Waals surface area contributed by atoms with Gasteiger partial charge in [0.2, 0.25) is 0 Å². The minimum absolute atomic E-state index is 0.00393. The largest absolute Gasteiger partial charge is 0.299 e. The molecule has 3 rings (SSSR count). The van der Waals surface area contributed by atoms with Crippen molar-refractivity contribution in [1.82, 2.24) is 0 Å². The van der Waals surface area contributed by atoms with Crippen LogP contribution in [-0.2, 0) is 4.79 Å². The first kappa shape index (κ1) is 18.0. The van der Waals surface area contributed by atoms with E-state index < -0.39 is 0 Å². The van der Waals surface area contributed by atoms with E-state index in [0.29, 0.717) is 6.42 Å². The lowest BCUT2D eigenvalue weighted by atomic mass is 9.68. The SMILES string of the molecule is CCCCCCCN=C1c2ccccc2N=C2CC(C)(C)CC(=O)C21. The van der Waals surface area contributed by atoms with Gasteiger partial charge in [-0.15, -0.1) is 0 Å². The van der Waals surface area contributed by atoms with Crippen LogP contribution in [0.3, 0.4) is 0 Å². The lowest BCUT2D eigenvalue weighted by molar-refractivity contribution is -0.122. The molecule has 1 aliphatic carbocycles. The van der Waals surface area contributed by atoms with Gasteiger partial charge in [0.25, 0.3) is 0 Å². The highest BCUT2D eigenvalue weighted by atomic mass is 16.1. The van der Waals surface area contributed by atoms with Gasteiger partial charge in [0, 0.05) is 24.2 Å². The Balaban J connectivity index is 1.85. The molecule has 0 aromatic heterocycles. The van der Waals surface area contributed by atoms with Gasteiger partial charge in [-0.05, 0) is 24.3 Å². The Labute approximate surface area is 151 Å². The van der Waals surface area contributed by atoms with Gasteiger partial charge < -0.3 is 0 Å². The summed E-state index contributed by atoms with van der Waals surface area (Å²) in [4.78, 5) is 22.6. The van der Waals surface area contributed by atoms with Crippen LogP contribution in [0.5, 0.6) is 0 Å². The van der Waals surface area contributed by atoms with E-state index >= 15 is 0 Å². The molecule has 2 aliphatic rings. The average Bonchev–Trinajstić information content (AvgIpc) is 2.55. The van der Waals surface area contributed by atoms with Crippen LogP contribution in [0.4, 0.5) is 5.69 Å². The first-order valence-corrected chi connectivity index (χ1v) is 9.76. The summed E-state index contributed by atoms with van der Waals surface area (Å²) in [5.41, 5.74) is 4.02. The van der Waals surface area contributed by atoms with Crippen LogP contribution >= 0.6 is 0 Å². The third-order valence-electron chi connectivity index (χ3n) is 5.23. The smallest absolute Gasteiger partial charge is 0.148 e. The van der Waals surface area contributed by atoms with E-state index in [4.69, 9.17) is 9.98 Å². The third-order valence-corrected chi connectivity index (χ3v) is 5.23. The Kier molecular flexibility index (Phi) is 5.51. The van der Waals surface area contributed by atoms with Crippen molar-refractivity contribution in [3.05, 3.63) is 29.8 Å². The van der Waals surface area contributed by atoms with Gasteiger partial charge >= 0.3 is 0 Å². The Morgan fingerprint density at radius 2 is 1.88 bits per heavy atom. The van der Waals surface area contributed by atoms with Gasteiger partial charge in [-0.2, -0.15) is 0 Å². The molecule has 1 aromatic carbocycles. The van der Waals surface area contributed by atoms with Crippen LogP contribution < -0.4 is 0 Å². The third kappa shape index (κ3) is 4.08. The van der Waals surface area contributed by atoms with Gasteiger partial charge in [-0.1, -0.05) is 64.7 Å². The van der Waals surface area contributed by atoms with Crippen molar-refractivity contribution in [2.45, 2.75) is 65.7 Å². The molecule has 1 unspecified atom stereocenters. The number of fused-ring (bicyclic) bond motifs is 2. The second-order valence-corrected chi connectivity index (χ2v) is 8.22. The zero-order chi connectivity index (χ0) is 17.9. The van der Waals surface area contributed by atoms with Crippen molar-refractivity contribution in [2.24, 2.45) is 21.3 Å². The van der Waals surface area contributed by atoms with Gasteiger partial charge in [0.1, 0.15) is 5.78 Å². The Hall–Kier alpha value is -1.77. The second kappa shape index (κ2) is 7.63. The fraction of sp³-hybridized carbons (Fsp3) is 0.591. The molecule has 25 heavy (non-hydrogen) atoms. The van der Waals surface area contributed by atoms with Crippen LogP contribution in [-0.4, -0.2) is 23.8 Å². The van der Waals surface area contributed by atoms with E-state index in [1.165, 1.54) is 25.7 Å². The molecular weight excluding hydrogens is 308 g/mol. The molecule has 0 spiro atoms. The Morgan fingerprint density at radius 1 is 1.12 bits per heavy atom. The highest BCUT2D eigenvalue weighted by Gasteiger charge is 2.43. The van der Waals surface area contributed by atoms with Gasteiger partial charge in [-0.25, -0.2) is 0 Å². The van der Waals surface area contributed by atoms with E-state index in [0.717, 1.165) is 42.1 Å². The molecule has 0 amide bonds. The van der Waals surface area contributed by atoms with Gasteiger partial charge in [0.05, 0.1) is 17.3 Å². The van der Waals surface area contributed by atoms with E-state index in [9.17, 15) is 4.79 Å². The molecule has 3 nitrogen and oxygen atoms in total. The lowest BCUT2D eigenvalue weighted by Crippen LogP contribution is -2.43. The number of hydrogen-bond donors (Lipinski definition) is 0. The molecule has 134 valence electrons. The van der Waals surface area contributed by atoms with Gasteiger partial charge in [0.15, 0.2) is 0 Å². The normalized spacial score (nSPS) is 23.2. The summed E-state index contributed by atoms with van der Waals surface area (Å²) >= 11 is 0. The number of nitrogens with zero attached hydrogens (tertiary/aromatic N) is 2. The topological polar surface area (TPSA) is 41.8 Å². The van der Waals surface area contributed by atoms with E-state index in [2.05, 4.69) is 26.8 Å². The first-order valence-electron chi connectivity index (χ1n) is 9.76. The fourth-order valence-electron chi connectivity index (χ4n) is 4.02. The van der Waals surface area contributed by atoms with Crippen molar-refractivity contribution in [3.63, 3.8) is 0 Å². The lowest BCUT2D eigenvalue weighted by Gasteiger charge is -2.37. The average molecular weight is 338 g/mol. The van der Waals surface area contributed by atoms with E-state index in [1.54, 1.807) is 0 Å². The Morgan fingerprint density at radius 3 is 2.68 bits per heavy atom. The summed E-state index contributed by atoms with van der Waals surface area (Å²) in [6, 6.07) is 8.15. The standard InChI is InChI=1S/C22H30N2O/c1-4-5-6-7-10-13-23-21-16-11-8-9-12-17(16)24-18-14-22(2,3)15-19(25)20(18)21/h8-9,11-12,20H,4-7,10,13-15H2,1-3H3. The first-order chi connectivity index (χ1) is 12.0. The van der Waals surface area contributed by atoms with Crippen molar-refractivity contribution in [1.29, 1.82) is 0 Å². The minimum Gasteiger partial charge on any atom is -0.299 e. The predicted octanol–water partition coefficient (Wildman–Crippen LogP) is 5.54. The summed E-state index contributed by atoms with van der Waals surface area (Å²) in [7, 11) is 0. The zero-order valence-corrected chi connectivity index (χ0v) is 15.8. The number of carbonyl (C=O) groups excluding carboxylic acids is 1. The molecule has 1 saturated carbocycles. The molecule has 0 radical (unpaired) electrons. The quantitative estimate of drug-likeness (QED) is 0.628. The maximum absolute atomic E-state index is 12.9. The summed E-state index contributed by atoms with van der Waals surface area (Å²) in [6.07, 6.45) is 7.66. The molecule has 1 atom stereocenters. The monoisotopic (exact) mass is 338 g/mol. The van der Waals surface area contributed by atoms with Crippen molar-refractivity contribution < 1.29 is 4.79 Å².